The molecule has 0 aliphatic rings. The zero-order valence-corrected chi connectivity index (χ0v) is 11.5. The van der Waals surface area contributed by atoms with Gasteiger partial charge >= 0.3 is 0 Å². The molecule has 4 heteroatoms. The molecule has 1 heterocycles. The molecule has 0 spiro atoms. The van der Waals surface area contributed by atoms with Crippen LogP contribution in [0, 0.1) is 0 Å². The molecule has 4 nitrogen and oxygen atoms in total. The Balaban J connectivity index is 2.44. The number of carbonyl (C=O) groups is 1. The molecule has 0 radical (unpaired) electrons. The number of unbranched alkanes of at least 4 members (excludes halogenated alkanes) is 2. The predicted molar refractivity (Wildman–Crippen MR) is 74.9 cm³/mol. The minimum Gasteiger partial charge on any atom is -0.370 e. The molecule has 100 valence electrons. The van der Waals surface area contributed by atoms with E-state index >= 15 is 0 Å². The fraction of sp³-hybridized carbons (Fsp3) is 0.571. The molecule has 2 N–H and O–H groups in total. The van der Waals surface area contributed by atoms with E-state index in [9.17, 15) is 4.79 Å². The van der Waals surface area contributed by atoms with E-state index in [-0.39, 0.29) is 11.9 Å². The van der Waals surface area contributed by atoms with Gasteiger partial charge in [0.05, 0.1) is 5.56 Å². The van der Waals surface area contributed by atoms with E-state index in [0.29, 0.717) is 5.56 Å². The first kappa shape index (κ1) is 14.5. The number of nitrogens with zero attached hydrogens (tertiary/aromatic N) is 1. The monoisotopic (exact) mass is 249 g/mol. The third kappa shape index (κ3) is 5.17. The van der Waals surface area contributed by atoms with Gasteiger partial charge in [-0.15, -0.1) is 0 Å². The maximum absolute atomic E-state index is 11.7. The molecule has 0 aromatic carbocycles. The molecule has 0 aliphatic carbocycles. The highest BCUT2D eigenvalue weighted by molar-refractivity contribution is 5.94. The summed E-state index contributed by atoms with van der Waals surface area (Å²) in [6.07, 6.45) is 5.19. The molecule has 0 saturated carbocycles. The van der Waals surface area contributed by atoms with Gasteiger partial charge in [0.25, 0.3) is 5.91 Å². The van der Waals surface area contributed by atoms with Crippen LogP contribution >= 0.6 is 0 Å². The average Bonchev–Trinajstić information content (AvgIpc) is 2.34. The molecule has 1 aromatic rings. The predicted octanol–water partition coefficient (Wildman–Crippen LogP) is 2.82. The standard InChI is InChI=1S/C14H23N3O/c1-4-5-6-9-15-13-8-7-12(10-16-13)14(18)17-11(2)3/h7-8,10-11H,4-6,9H2,1-3H3,(H,15,16)(H,17,18). The van der Waals surface area contributed by atoms with Gasteiger partial charge in [-0.05, 0) is 32.4 Å². The fourth-order valence-corrected chi connectivity index (χ4v) is 1.57. The van der Waals surface area contributed by atoms with Crippen molar-refractivity contribution < 1.29 is 4.79 Å². The Morgan fingerprint density at radius 2 is 2.11 bits per heavy atom. The average molecular weight is 249 g/mol. The summed E-state index contributed by atoms with van der Waals surface area (Å²) in [6, 6.07) is 3.79. The number of anilines is 1. The highest BCUT2D eigenvalue weighted by Crippen LogP contribution is 2.06. The molecule has 18 heavy (non-hydrogen) atoms. The first-order valence-electron chi connectivity index (χ1n) is 6.64. The van der Waals surface area contributed by atoms with Crippen molar-refractivity contribution in [3.05, 3.63) is 23.9 Å². The lowest BCUT2D eigenvalue weighted by molar-refractivity contribution is 0.0943. The van der Waals surface area contributed by atoms with E-state index in [1.165, 1.54) is 12.8 Å². The second kappa shape index (κ2) is 7.69. The van der Waals surface area contributed by atoms with Gasteiger partial charge in [0.2, 0.25) is 0 Å². The third-order valence-corrected chi connectivity index (χ3v) is 2.53. The molecular formula is C14H23N3O. The molecule has 1 aromatic heterocycles. The van der Waals surface area contributed by atoms with Crippen LogP contribution in [-0.4, -0.2) is 23.5 Å². The number of rotatable bonds is 7. The van der Waals surface area contributed by atoms with Crippen LogP contribution in [0.1, 0.15) is 50.4 Å². The molecule has 0 unspecified atom stereocenters. The topological polar surface area (TPSA) is 54.0 Å². The van der Waals surface area contributed by atoms with E-state index in [1.807, 2.05) is 19.9 Å². The van der Waals surface area contributed by atoms with Crippen molar-refractivity contribution in [1.29, 1.82) is 0 Å². The van der Waals surface area contributed by atoms with Crippen molar-refractivity contribution >= 4 is 11.7 Å². The number of amides is 1. The zero-order valence-electron chi connectivity index (χ0n) is 11.5. The molecule has 0 saturated heterocycles. The SMILES string of the molecule is CCCCCNc1ccc(C(=O)NC(C)C)cn1. The van der Waals surface area contributed by atoms with Crippen LogP contribution < -0.4 is 10.6 Å². The first-order valence-corrected chi connectivity index (χ1v) is 6.64. The Bertz CT molecular complexity index is 360. The summed E-state index contributed by atoms with van der Waals surface area (Å²) < 4.78 is 0. The van der Waals surface area contributed by atoms with E-state index in [2.05, 4.69) is 22.5 Å². The van der Waals surface area contributed by atoms with Gasteiger partial charge in [-0.1, -0.05) is 19.8 Å². The van der Waals surface area contributed by atoms with E-state index in [1.54, 1.807) is 12.3 Å². The molecule has 0 fully saturated rings. The maximum Gasteiger partial charge on any atom is 0.253 e. The highest BCUT2D eigenvalue weighted by Gasteiger charge is 2.06. The van der Waals surface area contributed by atoms with Gasteiger partial charge in [-0.2, -0.15) is 0 Å². The summed E-state index contributed by atoms with van der Waals surface area (Å²) in [4.78, 5) is 15.9. The van der Waals surface area contributed by atoms with E-state index < -0.39 is 0 Å². The molecule has 0 bridgehead atoms. The van der Waals surface area contributed by atoms with Gasteiger partial charge < -0.3 is 10.6 Å². The third-order valence-electron chi connectivity index (χ3n) is 2.53. The number of carbonyl (C=O) groups excluding carboxylic acids is 1. The van der Waals surface area contributed by atoms with Gasteiger partial charge in [0.15, 0.2) is 0 Å². The lowest BCUT2D eigenvalue weighted by atomic mass is 10.2. The molecule has 1 rings (SSSR count). The lowest BCUT2D eigenvalue weighted by Crippen LogP contribution is -2.30. The maximum atomic E-state index is 11.7. The minimum absolute atomic E-state index is 0.0740. The lowest BCUT2D eigenvalue weighted by Gasteiger charge is -2.09. The Morgan fingerprint density at radius 3 is 2.67 bits per heavy atom. The fourth-order valence-electron chi connectivity index (χ4n) is 1.57. The minimum atomic E-state index is -0.0740. The summed E-state index contributed by atoms with van der Waals surface area (Å²) in [6.45, 7) is 6.99. The van der Waals surface area contributed by atoms with Crippen LogP contribution in [0.25, 0.3) is 0 Å². The molecule has 0 aliphatic heterocycles. The quantitative estimate of drug-likeness (QED) is 0.731. The molecule has 1 amide bonds. The zero-order chi connectivity index (χ0) is 13.4. The van der Waals surface area contributed by atoms with Crippen molar-refractivity contribution in [2.45, 2.75) is 46.1 Å². The van der Waals surface area contributed by atoms with Crippen LogP contribution in [0.15, 0.2) is 18.3 Å². The second-order valence-electron chi connectivity index (χ2n) is 4.69. The normalized spacial score (nSPS) is 10.4. The van der Waals surface area contributed by atoms with Gasteiger partial charge in [-0.25, -0.2) is 4.98 Å². The van der Waals surface area contributed by atoms with Crippen molar-refractivity contribution in [2.24, 2.45) is 0 Å². The van der Waals surface area contributed by atoms with Gasteiger partial charge in [0.1, 0.15) is 5.82 Å². The van der Waals surface area contributed by atoms with E-state index in [4.69, 9.17) is 0 Å². The largest absolute Gasteiger partial charge is 0.370 e. The van der Waals surface area contributed by atoms with Crippen LogP contribution in [0.2, 0.25) is 0 Å². The van der Waals surface area contributed by atoms with Crippen molar-refractivity contribution in [2.75, 3.05) is 11.9 Å². The van der Waals surface area contributed by atoms with Crippen LogP contribution in [0.3, 0.4) is 0 Å². The summed E-state index contributed by atoms with van der Waals surface area (Å²) >= 11 is 0. The number of nitrogens with one attached hydrogen (secondary N) is 2. The number of hydrogen-bond acceptors (Lipinski definition) is 3. The smallest absolute Gasteiger partial charge is 0.253 e. The van der Waals surface area contributed by atoms with Gasteiger partial charge in [-0.3, -0.25) is 4.79 Å². The summed E-state index contributed by atoms with van der Waals surface area (Å²) in [5.74, 6) is 0.752. The van der Waals surface area contributed by atoms with E-state index in [0.717, 1.165) is 18.8 Å². The summed E-state index contributed by atoms with van der Waals surface area (Å²) in [7, 11) is 0. The summed E-state index contributed by atoms with van der Waals surface area (Å²) in [5.41, 5.74) is 0.600. The number of hydrogen-bond donors (Lipinski definition) is 2. The van der Waals surface area contributed by atoms with Crippen molar-refractivity contribution in [3.63, 3.8) is 0 Å². The molecular weight excluding hydrogens is 226 g/mol. The Labute approximate surface area is 109 Å². The Morgan fingerprint density at radius 1 is 1.33 bits per heavy atom. The highest BCUT2D eigenvalue weighted by atomic mass is 16.1. The summed E-state index contributed by atoms with van der Waals surface area (Å²) in [5, 5.41) is 6.08. The van der Waals surface area contributed by atoms with Crippen molar-refractivity contribution in [3.8, 4) is 0 Å². The first-order chi connectivity index (χ1) is 8.63. The van der Waals surface area contributed by atoms with Crippen molar-refractivity contribution in [1.82, 2.24) is 10.3 Å². The van der Waals surface area contributed by atoms with Crippen LogP contribution in [-0.2, 0) is 0 Å². The number of aromatic nitrogens is 1. The van der Waals surface area contributed by atoms with Crippen LogP contribution in [0.4, 0.5) is 5.82 Å². The number of pyridine rings is 1. The molecule has 0 atom stereocenters. The second-order valence-corrected chi connectivity index (χ2v) is 4.69. The van der Waals surface area contributed by atoms with Gasteiger partial charge in [0, 0.05) is 18.8 Å². The Hall–Kier alpha value is -1.58. The van der Waals surface area contributed by atoms with Crippen LogP contribution in [0.5, 0.6) is 0 Å². The Kier molecular flexibility index (Phi) is 6.19.